The third kappa shape index (κ3) is 4.32. The molecule has 0 aromatic carbocycles. The van der Waals surface area contributed by atoms with Crippen LogP contribution in [0.3, 0.4) is 0 Å². The minimum absolute atomic E-state index is 0.0178. The van der Waals surface area contributed by atoms with E-state index in [1.165, 1.54) is 6.92 Å². The first kappa shape index (κ1) is 18.9. The van der Waals surface area contributed by atoms with Gasteiger partial charge in [0.1, 0.15) is 6.04 Å². The predicted octanol–water partition coefficient (Wildman–Crippen LogP) is -0.102. The summed E-state index contributed by atoms with van der Waals surface area (Å²) >= 11 is 0. The van der Waals surface area contributed by atoms with Crippen LogP contribution >= 0.6 is 0 Å². The fourth-order valence-electron chi connectivity index (χ4n) is 4.28. The van der Waals surface area contributed by atoms with Crippen molar-refractivity contribution in [2.75, 3.05) is 19.6 Å². The number of hydrogen-bond donors (Lipinski definition) is 2. The molecule has 150 valence electrons. The van der Waals surface area contributed by atoms with Crippen LogP contribution in [0.4, 0.5) is 0 Å². The smallest absolute Gasteiger partial charge is 0.246 e. The zero-order valence-corrected chi connectivity index (χ0v) is 16.1. The van der Waals surface area contributed by atoms with Crippen LogP contribution in [-0.4, -0.2) is 70.3 Å². The summed E-state index contributed by atoms with van der Waals surface area (Å²) in [5, 5.41) is 5.92. The van der Waals surface area contributed by atoms with Crippen molar-refractivity contribution < 1.29 is 14.4 Å². The van der Waals surface area contributed by atoms with Crippen LogP contribution < -0.4 is 10.6 Å². The monoisotopic (exact) mass is 385 g/mol. The van der Waals surface area contributed by atoms with Gasteiger partial charge in [-0.1, -0.05) is 6.07 Å². The van der Waals surface area contributed by atoms with E-state index in [4.69, 9.17) is 0 Å². The zero-order chi connectivity index (χ0) is 19.7. The van der Waals surface area contributed by atoms with E-state index in [1.807, 2.05) is 23.2 Å². The van der Waals surface area contributed by atoms with E-state index in [0.717, 1.165) is 24.8 Å². The molecule has 0 radical (unpaired) electrons. The Hall–Kier alpha value is -2.48. The number of amides is 3. The van der Waals surface area contributed by atoms with Gasteiger partial charge in [0.2, 0.25) is 17.7 Å². The largest absolute Gasteiger partial charge is 0.352 e. The van der Waals surface area contributed by atoms with E-state index in [0.29, 0.717) is 26.2 Å². The van der Waals surface area contributed by atoms with Gasteiger partial charge in [-0.2, -0.15) is 0 Å². The first-order chi connectivity index (χ1) is 13.5. The Morgan fingerprint density at radius 3 is 2.71 bits per heavy atom. The molecule has 1 aromatic heterocycles. The first-order valence-corrected chi connectivity index (χ1v) is 9.99. The quantitative estimate of drug-likeness (QED) is 0.738. The molecule has 1 aliphatic carbocycles. The van der Waals surface area contributed by atoms with Crippen LogP contribution in [-0.2, 0) is 20.9 Å². The Kier molecular flexibility index (Phi) is 5.30. The topological polar surface area (TPSA) is 94.6 Å². The molecule has 3 amide bonds. The number of carbonyl (C=O) groups excluding carboxylic acids is 3. The van der Waals surface area contributed by atoms with Crippen LogP contribution in [0.5, 0.6) is 0 Å². The Labute approximate surface area is 164 Å². The van der Waals surface area contributed by atoms with Crippen molar-refractivity contribution in [2.45, 2.75) is 50.9 Å². The van der Waals surface area contributed by atoms with Gasteiger partial charge in [0.25, 0.3) is 0 Å². The normalized spacial score (nSPS) is 27.8. The number of fused-ring (bicyclic) bond motifs is 1. The van der Waals surface area contributed by atoms with E-state index in [9.17, 15) is 14.4 Å². The number of nitrogens with one attached hydrogen (secondary N) is 2. The van der Waals surface area contributed by atoms with Crippen molar-refractivity contribution >= 4 is 17.7 Å². The summed E-state index contributed by atoms with van der Waals surface area (Å²) in [6, 6.07) is 3.36. The van der Waals surface area contributed by atoms with E-state index in [1.54, 1.807) is 6.20 Å². The molecular formula is C20H27N5O3. The fourth-order valence-corrected chi connectivity index (χ4v) is 4.28. The average Bonchev–Trinajstić information content (AvgIpc) is 3.44. The van der Waals surface area contributed by atoms with Crippen molar-refractivity contribution in [1.29, 1.82) is 0 Å². The number of carbonyl (C=O) groups is 3. The second-order valence-electron chi connectivity index (χ2n) is 8.17. The highest BCUT2D eigenvalue weighted by Gasteiger charge is 2.43. The fraction of sp³-hybridized carbons (Fsp3) is 0.600. The minimum Gasteiger partial charge on any atom is -0.352 e. The number of aromatic nitrogens is 1. The molecule has 3 atom stereocenters. The number of pyridine rings is 1. The standard InChI is InChI=1S/C20H27N5O3/c1-13(26)22-16-7-17-11-24(9-14-3-2-6-21-8-14)12-18(20(28)25(17)10-16)23-19(27)15-4-5-15/h2-3,6,8,15-18H,4-5,7,9-12H2,1H3,(H,22,26)(H,23,27)/t16-,17-,18-/m0/s1. The van der Waals surface area contributed by atoms with Gasteiger partial charge in [-0.05, 0) is 30.9 Å². The molecule has 3 heterocycles. The number of rotatable bonds is 5. The van der Waals surface area contributed by atoms with Crippen LogP contribution in [0, 0.1) is 5.92 Å². The maximum absolute atomic E-state index is 13.2. The zero-order valence-electron chi connectivity index (χ0n) is 16.1. The van der Waals surface area contributed by atoms with Crippen LogP contribution in [0.1, 0.15) is 31.7 Å². The Bertz CT molecular complexity index is 751. The lowest BCUT2D eigenvalue weighted by molar-refractivity contribution is -0.136. The number of hydrogen-bond acceptors (Lipinski definition) is 5. The lowest BCUT2D eigenvalue weighted by atomic mass is 10.1. The van der Waals surface area contributed by atoms with Gasteiger partial charge < -0.3 is 15.5 Å². The molecule has 3 fully saturated rings. The third-order valence-electron chi connectivity index (χ3n) is 5.71. The molecule has 4 rings (SSSR count). The van der Waals surface area contributed by atoms with Crippen molar-refractivity contribution in [3.05, 3.63) is 30.1 Å². The molecular weight excluding hydrogens is 358 g/mol. The molecule has 1 saturated carbocycles. The first-order valence-electron chi connectivity index (χ1n) is 9.99. The molecule has 8 heteroatoms. The molecule has 0 bridgehead atoms. The van der Waals surface area contributed by atoms with Gasteiger partial charge in [-0.15, -0.1) is 0 Å². The van der Waals surface area contributed by atoms with Crippen molar-refractivity contribution in [3.8, 4) is 0 Å². The van der Waals surface area contributed by atoms with Crippen LogP contribution in [0.15, 0.2) is 24.5 Å². The lowest BCUT2D eigenvalue weighted by Crippen LogP contribution is -2.52. The summed E-state index contributed by atoms with van der Waals surface area (Å²) in [5.41, 5.74) is 1.08. The Morgan fingerprint density at radius 2 is 2.04 bits per heavy atom. The summed E-state index contributed by atoms with van der Waals surface area (Å²) in [5.74, 6) is -0.0819. The minimum atomic E-state index is -0.550. The molecule has 2 N–H and O–H groups in total. The maximum Gasteiger partial charge on any atom is 0.246 e. The SMILES string of the molecule is CC(=O)N[C@H]1C[C@H]2CN(Cc3cccnc3)C[C@H](NC(=O)C3CC3)C(=O)N2C1. The second kappa shape index (κ2) is 7.87. The summed E-state index contributed by atoms with van der Waals surface area (Å²) in [6.07, 6.45) is 6.12. The summed E-state index contributed by atoms with van der Waals surface area (Å²) in [6.45, 7) is 3.88. The Balaban J connectivity index is 1.52. The molecule has 28 heavy (non-hydrogen) atoms. The molecule has 0 spiro atoms. The van der Waals surface area contributed by atoms with Crippen molar-refractivity contribution in [2.24, 2.45) is 5.92 Å². The third-order valence-corrected chi connectivity index (χ3v) is 5.71. The van der Waals surface area contributed by atoms with E-state index in [-0.39, 0.29) is 35.7 Å². The lowest BCUT2D eigenvalue weighted by Gasteiger charge is -2.25. The molecule has 2 aliphatic heterocycles. The molecule has 2 saturated heterocycles. The van der Waals surface area contributed by atoms with E-state index < -0.39 is 6.04 Å². The van der Waals surface area contributed by atoms with Crippen LogP contribution in [0.25, 0.3) is 0 Å². The van der Waals surface area contributed by atoms with E-state index >= 15 is 0 Å². The summed E-state index contributed by atoms with van der Waals surface area (Å²) in [4.78, 5) is 45.2. The molecule has 1 aromatic rings. The summed E-state index contributed by atoms with van der Waals surface area (Å²) < 4.78 is 0. The molecule has 0 unspecified atom stereocenters. The van der Waals surface area contributed by atoms with Gasteiger partial charge in [0.15, 0.2) is 0 Å². The highest BCUT2D eigenvalue weighted by Crippen LogP contribution is 2.30. The van der Waals surface area contributed by atoms with Gasteiger partial charge in [0.05, 0.1) is 0 Å². The van der Waals surface area contributed by atoms with Gasteiger partial charge in [0, 0.05) is 63.5 Å². The molecule has 8 nitrogen and oxygen atoms in total. The summed E-state index contributed by atoms with van der Waals surface area (Å²) in [7, 11) is 0. The highest BCUT2D eigenvalue weighted by molar-refractivity contribution is 5.90. The Morgan fingerprint density at radius 1 is 1.21 bits per heavy atom. The maximum atomic E-state index is 13.2. The van der Waals surface area contributed by atoms with Crippen LogP contribution in [0.2, 0.25) is 0 Å². The van der Waals surface area contributed by atoms with Gasteiger partial charge in [-0.3, -0.25) is 24.3 Å². The van der Waals surface area contributed by atoms with Gasteiger partial charge in [-0.25, -0.2) is 0 Å². The van der Waals surface area contributed by atoms with Gasteiger partial charge >= 0.3 is 0 Å². The second-order valence-corrected chi connectivity index (χ2v) is 8.17. The average molecular weight is 385 g/mol. The number of nitrogens with zero attached hydrogens (tertiary/aromatic N) is 3. The molecule has 3 aliphatic rings. The van der Waals surface area contributed by atoms with E-state index in [2.05, 4.69) is 20.5 Å². The van der Waals surface area contributed by atoms with Crippen molar-refractivity contribution in [1.82, 2.24) is 25.4 Å². The highest BCUT2D eigenvalue weighted by atomic mass is 16.2. The predicted molar refractivity (Wildman–Crippen MR) is 102 cm³/mol. The van der Waals surface area contributed by atoms with Crippen molar-refractivity contribution in [3.63, 3.8) is 0 Å².